The van der Waals surface area contributed by atoms with Crippen LogP contribution >= 0.6 is 0 Å². The molecule has 0 saturated carbocycles. The van der Waals surface area contributed by atoms with Gasteiger partial charge in [0, 0.05) is 5.56 Å². The molecule has 1 aliphatic rings. The molecular weight excluding hydrogens is 152 g/mol. The van der Waals surface area contributed by atoms with Gasteiger partial charge in [-0.05, 0) is 18.2 Å². The molecule has 0 atom stereocenters. The number of rotatable bonds is 0. The van der Waals surface area contributed by atoms with E-state index >= 15 is 0 Å². The standard InChI is InChI=1S/C10H8O2/c1-2-8-3-4-9-10(7-8)12-6-5-11-9/h1,3-4,7H,5-6H2. The molecule has 2 rings (SSSR count). The Labute approximate surface area is 71.1 Å². The first-order chi connectivity index (χ1) is 5.90. The molecule has 0 aliphatic carbocycles. The van der Waals surface area contributed by atoms with Crippen LogP contribution in [0.3, 0.4) is 0 Å². The van der Waals surface area contributed by atoms with Gasteiger partial charge in [-0.3, -0.25) is 0 Å². The van der Waals surface area contributed by atoms with Crippen LogP contribution in [0.5, 0.6) is 11.5 Å². The van der Waals surface area contributed by atoms with Gasteiger partial charge in [0.05, 0.1) is 0 Å². The molecule has 0 N–H and O–H groups in total. The minimum absolute atomic E-state index is 0.598. The summed E-state index contributed by atoms with van der Waals surface area (Å²) in [6.45, 7) is 1.21. The van der Waals surface area contributed by atoms with E-state index in [1.165, 1.54) is 0 Å². The molecule has 0 fully saturated rings. The fourth-order valence-electron chi connectivity index (χ4n) is 1.13. The predicted octanol–water partition coefficient (Wildman–Crippen LogP) is 1.44. The zero-order chi connectivity index (χ0) is 8.39. The summed E-state index contributed by atoms with van der Waals surface area (Å²) in [6.07, 6.45) is 5.24. The van der Waals surface area contributed by atoms with Gasteiger partial charge in [0.1, 0.15) is 13.2 Å². The second-order valence-corrected chi connectivity index (χ2v) is 2.50. The summed E-state index contributed by atoms with van der Waals surface area (Å²) in [5.41, 5.74) is 0.819. The molecule has 1 aromatic carbocycles. The average Bonchev–Trinajstić information content (AvgIpc) is 2.17. The number of terminal acetylenes is 1. The van der Waals surface area contributed by atoms with Gasteiger partial charge in [0.15, 0.2) is 11.5 Å². The molecule has 12 heavy (non-hydrogen) atoms. The third kappa shape index (κ3) is 1.10. The smallest absolute Gasteiger partial charge is 0.162 e. The largest absolute Gasteiger partial charge is 0.486 e. The van der Waals surface area contributed by atoms with Crippen LogP contribution in [0.4, 0.5) is 0 Å². The number of fused-ring (bicyclic) bond motifs is 1. The van der Waals surface area contributed by atoms with Crippen molar-refractivity contribution >= 4 is 0 Å². The number of hydrogen-bond donors (Lipinski definition) is 0. The van der Waals surface area contributed by atoms with E-state index in [9.17, 15) is 0 Å². The lowest BCUT2D eigenvalue weighted by Gasteiger charge is -2.17. The third-order valence-corrected chi connectivity index (χ3v) is 1.71. The van der Waals surface area contributed by atoms with E-state index in [-0.39, 0.29) is 0 Å². The highest BCUT2D eigenvalue weighted by Crippen LogP contribution is 2.30. The van der Waals surface area contributed by atoms with Gasteiger partial charge < -0.3 is 9.47 Å². The van der Waals surface area contributed by atoms with Crippen LogP contribution in [0.25, 0.3) is 0 Å². The molecule has 0 amide bonds. The average molecular weight is 160 g/mol. The van der Waals surface area contributed by atoms with Crippen LogP contribution in [-0.2, 0) is 0 Å². The number of hydrogen-bond acceptors (Lipinski definition) is 2. The van der Waals surface area contributed by atoms with Crippen molar-refractivity contribution in [1.29, 1.82) is 0 Å². The summed E-state index contributed by atoms with van der Waals surface area (Å²) in [6, 6.07) is 5.49. The zero-order valence-corrected chi connectivity index (χ0v) is 6.54. The Morgan fingerprint density at radius 1 is 1.17 bits per heavy atom. The number of benzene rings is 1. The minimum Gasteiger partial charge on any atom is -0.486 e. The lowest BCUT2D eigenvalue weighted by atomic mass is 10.2. The van der Waals surface area contributed by atoms with Crippen LogP contribution in [0.15, 0.2) is 18.2 Å². The van der Waals surface area contributed by atoms with Crippen molar-refractivity contribution < 1.29 is 9.47 Å². The van der Waals surface area contributed by atoms with Gasteiger partial charge in [-0.2, -0.15) is 0 Å². The first kappa shape index (κ1) is 7.05. The van der Waals surface area contributed by atoms with Crippen molar-refractivity contribution in [2.45, 2.75) is 0 Å². The van der Waals surface area contributed by atoms with Gasteiger partial charge in [0.2, 0.25) is 0 Å². The van der Waals surface area contributed by atoms with Crippen molar-refractivity contribution in [2.75, 3.05) is 13.2 Å². The summed E-state index contributed by atoms with van der Waals surface area (Å²) >= 11 is 0. The first-order valence-electron chi connectivity index (χ1n) is 3.76. The van der Waals surface area contributed by atoms with Crippen molar-refractivity contribution in [3.8, 4) is 23.8 Å². The molecule has 0 aromatic heterocycles. The molecule has 0 saturated heterocycles. The van der Waals surface area contributed by atoms with E-state index in [1.54, 1.807) is 0 Å². The topological polar surface area (TPSA) is 18.5 Å². The molecule has 1 heterocycles. The van der Waals surface area contributed by atoms with E-state index in [2.05, 4.69) is 5.92 Å². The fraction of sp³-hybridized carbons (Fsp3) is 0.200. The van der Waals surface area contributed by atoms with Crippen molar-refractivity contribution in [3.63, 3.8) is 0 Å². The Hall–Kier alpha value is -1.62. The predicted molar refractivity (Wildman–Crippen MR) is 45.4 cm³/mol. The maximum atomic E-state index is 5.35. The monoisotopic (exact) mass is 160 g/mol. The lowest BCUT2D eigenvalue weighted by molar-refractivity contribution is 0.171. The van der Waals surface area contributed by atoms with Gasteiger partial charge in [-0.25, -0.2) is 0 Å². The van der Waals surface area contributed by atoms with Crippen LogP contribution < -0.4 is 9.47 Å². The van der Waals surface area contributed by atoms with Crippen LogP contribution in [0.1, 0.15) is 5.56 Å². The van der Waals surface area contributed by atoms with Crippen molar-refractivity contribution in [1.82, 2.24) is 0 Å². The maximum absolute atomic E-state index is 5.35. The summed E-state index contributed by atoms with van der Waals surface area (Å²) in [4.78, 5) is 0. The number of ether oxygens (including phenoxy) is 2. The summed E-state index contributed by atoms with van der Waals surface area (Å²) in [5.74, 6) is 4.07. The second kappa shape index (κ2) is 2.78. The molecule has 0 unspecified atom stereocenters. The molecule has 1 aliphatic heterocycles. The third-order valence-electron chi connectivity index (χ3n) is 1.71. The van der Waals surface area contributed by atoms with Gasteiger partial charge >= 0.3 is 0 Å². The molecule has 2 nitrogen and oxygen atoms in total. The maximum Gasteiger partial charge on any atom is 0.162 e. The normalized spacial score (nSPS) is 13.6. The van der Waals surface area contributed by atoms with Gasteiger partial charge in [-0.1, -0.05) is 5.92 Å². The van der Waals surface area contributed by atoms with Crippen molar-refractivity contribution in [3.05, 3.63) is 23.8 Å². The molecule has 2 heteroatoms. The van der Waals surface area contributed by atoms with Crippen LogP contribution in [0.2, 0.25) is 0 Å². The quantitative estimate of drug-likeness (QED) is 0.534. The highest BCUT2D eigenvalue weighted by atomic mass is 16.6. The van der Waals surface area contributed by atoms with E-state index in [0.29, 0.717) is 13.2 Å². The Balaban J connectivity index is 2.44. The van der Waals surface area contributed by atoms with Crippen LogP contribution in [0, 0.1) is 12.3 Å². The Morgan fingerprint density at radius 2 is 1.92 bits per heavy atom. The van der Waals surface area contributed by atoms with E-state index in [0.717, 1.165) is 17.1 Å². The van der Waals surface area contributed by atoms with Gasteiger partial charge in [-0.15, -0.1) is 6.42 Å². The van der Waals surface area contributed by atoms with E-state index in [4.69, 9.17) is 15.9 Å². The summed E-state index contributed by atoms with van der Waals surface area (Å²) in [7, 11) is 0. The molecule has 0 bridgehead atoms. The Bertz CT molecular complexity index is 336. The minimum atomic E-state index is 0.598. The highest BCUT2D eigenvalue weighted by Gasteiger charge is 2.10. The molecule has 0 spiro atoms. The van der Waals surface area contributed by atoms with E-state index in [1.807, 2.05) is 18.2 Å². The zero-order valence-electron chi connectivity index (χ0n) is 6.54. The SMILES string of the molecule is C#Cc1ccc2c(c1)OCCO2. The van der Waals surface area contributed by atoms with Crippen molar-refractivity contribution in [2.24, 2.45) is 0 Å². The van der Waals surface area contributed by atoms with Gasteiger partial charge in [0.25, 0.3) is 0 Å². The highest BCUT2D eigenvalue weighted by molar-refractivity contribution is 5.48. The Morgan fingerprint density at radius 3 is 2.67 bits per heavy atom. The summed E-state index contributed by atoms with van der Waals surface area (Å²) in [5, 5.41) is 0. The fourth-order valence-corrected chi connectivity index (χ4v) is 1.13. The second-order valence-electron chi connectivity index (χ2n) is 2.50. The van der Waals surface area contributed by atoms with E-state index < -0.39 is 0 Å². The molecular formula is C10H8O2. The first-order valence-corrected chi connectivity index (χ1v) is 3.76. The molecule has 1 aromatic rings. The summed E-state index contributed by atoms with van der Waals surface area (Å²) < 4.78 is 10.7. The lowest BCUT2D eigenvalue weighted by Crippen LogP contribution is -2.15. The molecule has 0 radical (unpaired) electrons. The van der Waals surface area contributed by atoms with Crippen LogP contribution in [-0.4, -0.2) is 13.2 Å². The molecule has 60 valence electrons. The Kier molecular flexibility index (Phi) is 1.64.